The molecule has 3 heterocycles. The highest BCUT2D eigenvalue weighted by Crippen LogP contribution is 2.51. The molecule has 0 saturated heterocycles. The first-order valence-corrected chi connectivity index (χ1v) is 12.6. The lowest BCUT2D eigenvalue weighted by Gasteiger charge is -2.40. The van der Waals surface area contributed by atoms with Crippen LogP contribution in [0.1, 0.15) is 69.2 Å². The number of hydrogen-bond donors (Lipinski definition) is 2. The number of carbonyl (C=O) groups is 2. The van der Waals surface area contributed by atoms with Crippen molar-refractivity contribution in [1.29, 1.82) is 0 Å². The van der Waals surface area contributed by atoms with E-state index in [1.807, 2.05) is 50.2 Å². The molecule has 0 unspecified atom stereocenters. The van der Waals surface area contributed by atoms with Gasteiger partial charge in [0.25, 0.3) is 0 Å². The van der Waals surface area contributed by atoms with Crippen LogP contribution in [0.4, 0.5) is 0 Å². The van der Waals surface area contributed by atoms with Crippen molar-refractivity contribution in [3.63, 3.8) is 0 Å². The largest absolute Gasteiger partial charge is 0.493 e. The van der Waals surface area contributed by atoms with Crippen LogP contribution in [-0.2, 0) is 9.59 Å². The number of benzene rings is 1. The zero-order chi connectivity index (χ0) is 24.6. The second-order valence-corrected chi connectivity index (χ2v) is 9.82. The van der Waals surface area contributed by atoms with Gasteiger partial charge in [0.05, 0.1) is 30.7 Å². The van der Waals surface area contributed by atoms with Crippen LogP contribution in [0.15, 0.2) is 53.8 Å². The summed E-state index contributed by atoms with van der Waals surface area (Å²) in [6.45, 7) is 4.65. The van der Waals surface area contributed by atoms with E-state index in [4.69, 9.17) is 15.5 Å². The van der Waals surface area contributed by atoms with Crippen molar-refractivity contribution in [2.75, 3.05) is 6.61 Å². The summed E-state index contributed by atoms with van der Waals surface area (Å²) in [5, 5.41) is 3.23. The van der Waals surface area contributed by atoms with Gasteiger partial charge in [0.2, 0.25) is 11.8 Å². The second-order valence-electron chi connectivity index (χ2n) is 9.82. The quantitative estimate of drug-likeness (QED) is 0.637. The highest BCUT2D eigenvalue weighted by atomic mass is 16.5. The number of aromatic nitrogens is 1. The number of amides is 2. The summed E-state index contributed by atoms with van der Waals surface area (Å²) in [6, 6.07) is 11.2. The van der Waals surface area contributed by atoms with E-state index >= 15 is 0 Å². The average Bonchev–Trinajstić information content (AvgIpc) is 3.67. The number of guanidine groups is 1. The molecule has 3 N–H and O–H groups in total. The van der Waals surface area contributed by atoms with Gasteiger partial charge in [0.15, 0.2) is 5.96 Å². The fraction of sp³-hybridized carbons (Fsp3) is 0.481. The van der Waals surface area contributed by atoms with Gasteiger partial charge in [-0.25, -0.2) is 4.99 Å². The summed E-state index contributed by atoms with van der Waals surface area (Å²) >= 11 is 0. The number of nitrogens with two attached hydrogens (primary N) is 1. The first kappa shape index (κ1) is 23.3. The number of aliphatic imine (C=N–C) groups is 1. The van der Waals surface area contributed by atoms with Crippen molar-refractivity contribution >= 4 is 17.8 Å². The molecule has 184 valence electrons. The molecule has 0 bridgehead atoms. The Morgan fingerprint density at radius 2 is 2.06 bits per heavy atom. The zero-order valence-corrected chi connectivity index (χ0v) is 20.3. The van der Waals surface area contributed by atoms with Gasteiger partial charge in [-0.1, -0.05) is 38.1 Å². The van der Waals surface area contributed by atoms with Gasteiger partial charge in [0.1, 0.15) is 5.75 Å². The maximum absolute atomic E-state index is 13.4. The molecule has 4 atom stereocenters. The van der Waals surface area contributed by atoms with Crippen LogP contribution in [0.5, 0.6) is 5.75 Å². The third-order valence-electron chi connectivity index (χ3n) is 7.82. The van der Waals surface area contributed by atoms with E-state index in [1.165, 1.54) is 0 Å². The number of fused-ring (bicyclic) bond motifs is 1. The number of hydrogen-bond acceptors (Lipinski definition) is 6. The Kier molecular flexibility index (Phi) is 6.21. The highest BCUT2D eigenvalue weighted by molar-refractivity contribution is 5.99. The fourth-order valence-corrected chi connectivity index (χ4v) is 5.56. The summed E-state index contributed by atoms with van der Waals surface area (Å²) in [5.41, 5.74) is 7.87. The van der Waals surface area contributed by atoms with E-state index in [1.54, 1.807) is 17.3 Å². The average molecular weight is 476 g/mol. The third-order valence-corrected chi connectivity index (χ3v) is 7.82. The molecule has 0 spiro atoms. The van der Waals surface area contributed by atoms with Gasteiger partial charge in [-0.3, -0.25) is 19.5 Å². The SMILES string of the molecule is CCC1(CC)CC(=O)N([C@H](c2cccnc2)[C@@H]2C[C@H]2C(=O)N[C@H]2CCOc3ccccc32)C(N)=N1. The van der Waals surface area contributed by atoms with Crippen LogP contribution >= 0.6 is 0 Å². The van der Waals surface area contributed by atoms with Crippen molar-refractivity contribution in [3.8, 4) is 5.75 Å². The molecule has 1 aliphatic carbocycles. The summed E-state index contributed by atoms with van der Waals surface area (Å²) in [5.74, 6) is 0.759. The molecular weight excluding hydrogens is 442 g/mol. The van der Waals surface area contributed by atoms with Crippen LogP contribution in [0, 0.1) is 11.8 Å². The molecule has 8 nitrogen and oxygen atoms in total. The maximum atomic E-state index is 13.4. The van der Waals surface area contributed by atoms with Crippen molar-refractivity contribution in [2.24, 2.45) is 22.6 Å². The van der Waals surface area contributed by atoms with Crippen LogP contribution in [-0.4, -0.2) is 39.8 Å². The van der Waals surface area contributed by atoms with Crippen molar-refractivity contribution in [2.45, 2.75) is 63.6 Å². The van der Waals surface area contributed by atoms with Gasteiger partial charge in [-0.2, -0.15) is 0 Å². The maximum Gasteiger partial charge on any atom is 0.232 e. The Bertz CT molecular complexity index is 1130. The van der Waals surface area contributed by atoms with Gasteiger partial charge >= 0.3 is 0 Å². The van der Waals surface area contributed by atoms with Crippen LogP contribution in [0.2, 0.25) is 0 Å². The predicted octanol–water partition coefficient (Wildman–Crippen LogP) is 3.50. The minimum Gasteiger partial charge on any atom is -0.493 e. The van der Waals surface area contributed by atoms with E-state index in [0.29, 0.717) is 19.4 Å². The lowest BCUT2D eigenvalue weighted by Crippen LogP contribution is -2.53. The number of pyridine rings is 1. The molecule has 1 fully saturated rings. The Balaban J connectivity index is 1.39. The highest BCUT2D eigenvalue weighted by Gasteiger charge is 2.53. The van der Waals surface area contributed by atoms with E-state index in [-0.39, 0.29) is 41.7 Å². The molecule has 1 saturated carbocycles. The van der Waals surface area contributed by atoms with Crippen LogP contribution < -0.4 is 15.8 Å². The normalized spacial score (nSPS) is 25.7. The van der Waals surface area contributed by atoms with Crippen molar-refractivity contribution in [1.82, 2.24) is 15.2 Å². The molecule has 2 aromatic rings. The number of nitrogens with one attached hydrogen (secondary N) is 1. The lowest BCUT2D eigenvalue weighted by molar-refractivity contribution is -0.132. The van der Waals surface area contributed by atoms with Gasteiger partial charge in [-0.15, -0.1) is 0 Å². The van der Waals surface area contributed by atoms with Crippen LogP contribution in [0.3, 0.4) is 0 Å². The predicted molar refractivity (Wildman–Crippen MR) is 132 cm³/mol. The van der Waals surface area contributed by atoms with E-state index < -0.39 is 5.54 Å². The summed E-state index contributed by atoms with van der Waals surface area (Å²) < 4.78 is 5.74. The molecule has 8 heteroatoms. The number of rotatable bonds is 7. The van der Waals surface area contributed by atoms with Crippen LogP contribution in [0.25, 0.3) is 0 Å². The van der Waals surface area contributed by atoms with Gasteiger partial charge in [-0.05, 0) is 42.9 Å². The van der Waals surface area contributed by atoms with Gasteiger partial charge in [0, 0.05) is 30.3 Å². The molecule has 1 aromatic carbocycles. The number of nitrogens with zero attached hydrogens (tertiary/aromatic N) is 3. The second kappa shape index (κ2) is 9.32. The monoisotopic (exact) mass is 475 g/mol. The van der Waals surface area contributed by atoms with E-state index in [2.05, 4.69) is 10.3 Å². The van der Waals surface area contributed by atoms with Crippen molar-refractivity contribution < 1.29 is 14.3 Å². The summed E-state index contributed by atoms with van der Waals surface area (Å²) in [4.78, 5) is 37.5. The number of carbonyl (C=O) groups excluding carboxylic acids is 2. The Morgan fingerprint density at radius 1 is 1.26 bits per heavy atom. The molecule has 5 rings (SSSR count). The molecular formula is C27H33N5O3. The standard InChI is InChI=1S/C27H33N5O3/c1-3-27(4-2)15-23(33)32(26(28)31-27)24(17-8-7-12-29-16-17)19-14-20(19)25(34)30-21-11-13-35-22-10-6-5-9-18(21)22/h5-10,12,16,19-21,24H,3-4,11,13-15H2,1-2H3,(H2,28,31)(H,30,34)/t19-,20-,21+,24-/m1/s1. The molecule has 1 aromatic heterocycles. The zero-order valence-electron chi connectivity index (χ0n) is 20.3. The Morgan fingerprint density at radius 3 is 2.77 bits per heavy atom. The smallest absolute Gasteiger partial charge is 0.232 e. The van der Waals surface area contributed by atoms with E-state index in [0.717, 1.165) is 36.1 Å². The van der Waals surface area contributed by atoms with Gasteiger partial charge < -0.3 is 15.8 Å². The third kappa shape index (κ3) is 4.37. The summed E-state index contributed by atoms with van der Waals surface area (Å²) in [7, 11) is 0. The molecule has 3 aliphatic rings. The number of ether oxygens (including phenoxy) is 1. The Hall–Kier alpha value is -3.42. The minimum absolute atomic E-state index is 0.00188. The summed E-state index contributed by atoms with van der Waals surface area (Å²) in [6.07, 6.45) is 6.70. The molecule has 2 aliphatic heterocycles. The van der Waals surface area contributed by atoms with E-state index in [9.17, 15) is 9.59 Å². The van der Waals surface area contributed by atoms with Crippen molar-refractivity contribution in [3.05, 3.63) is 59.9 Å². The topological polar surface area (TPSA) is 110 Å². The minimum atomic E-state index is -0.450. The molecule has 35 heavy (non-hydrogen) atoms. The first-order chi connectivity index (χ1) is 17.0. The number of para-hydroxylation sites is 1. The lowest BCUT2D eigenvalue weighted by atomic mass is 9.87. The first-order valence-electron chi connectivity index (χ1n) is 12.6. The molecule has 2 amide bonds. The molecule has 0 radical (unpaired) electrons. The fourth-order valence-electron chi connectivity index (χ4n) is 5.56. The Labute approximate surface area is 206 Å².